The van der Waals surface area contributed by atoms with Gasteiger partial charge in [0, 0.05) is 29.0 Å². The van der Waals surface area contributed by atoms with Crippen molar-refractivity contribution >= 4 is 5.69 Å². The number of benzene rings is 1. The van der Waals surface area contributed by atoms with E-state index >= 15 is 0 Å². The largest absolute Gasteiger partial charge is 0.493 e. The monoisotopic (exact) mass is 328 g/mol. The van der Waals surface area contributed by atoms with Crippen LogP contribution in [0.25, 0.3) is 0 Å². The Morgan fingerprint density at radius 3 is 3.04 bits per heavy atom. The fraction of sp³-hybridized carbons (Fsp3) is 0.556. The summed E-state index contributed by atoms with van der Waals surface area (Å²) in [4.78, 5) is 13.8. The van der Waals surface area contributed by atoms with Crippen molar-refractivity contribution in [3.05, 3.63) is 34.3 Å². The molecular formula is C18H20N2O4. The Labute approximate surface area is 140 Å². The van der Waals surface area contributed by atoms with Crippen molar-refractivity contribution in [1.82, 2.24) is 4.90 Å². The first-order valence-corrected chi connectivity index (χ1v) is 8.42. The van der Waals surface area contributed by atoms with E-state index in [2.05, 4.69) is 23.2 Å². The predicted molar refractivity (Wildman–Crippen MR) is 87.9 cm³/mol. The maximum Gasteiger partial charge on any atom is 0.166 e. The van der Waals surface area contributed by atoms with Gasteiger partial charge >= 0.3 is 0 Å². The molecule has 0 radical (unpaired) electrons. The molecule has 1 aromatic rings. The summed E-state index contributed by atoms with van der Waals surface area (Å²) in [5.74, 6) is 1.50. The number of likely N-dealkylation sites (N-methyl/N-ethyl adjacent to an activating group) is 1. The van der Waals surface area contributed by atoms with E-state index in [1.807, 2.05) is 6.08 Å². The molecule has 126 valence electrons. The van der Waals surface area contributed by atoms with Crippen LogP contribution in [0.4, 0.5) is 5.69 Å². The van der Waals surface area contributed by atoms with Crippen molar-refractivity contribution in [2.45, 2.75) is 36.5 Å². The molecule has 2 aliphatic heterocycles. The second-order valence-corrected chi connectivity index (χ2v) is 7.35. The summed E-state index contributed by atoms with van der Waals surface area (Å²) in [6.45, 7) is 0.946. The van der Waals surface area contributed by atoms with Crippen LogP contribution >= 0.6 is 0 Å². The van der Waals surface area contributed by atoms with Gasteiger partial charge in [-0.1, -0.05) is 12.2 Å². The van der Waals surface area contributed by atoms with E-state index < -0.39 is 6.10 Å². The molecular weight excluding hydrogens is 308 g/mol. The first-order valence-electron chi connectivity index (χ1n) is 8.42. The van der Waals surface area contributed by atoms with E-state index in [9.17, 15) is 10.0 Å². The Balaban J connectivity index is 1.86. The molecule has 1 spiro atoms. The lowest BCUT2D eigenvalue weighted by atomic mass is 9.53. The highest BCUT2D eigenvalue weighted by Crippen LogP contribution is 2.63. The van der Waals surface area contributed by atoms with Crippen molar-refractivity contribution in [3.8, 4) is 11.5 Å². The van der Waals surface area contributed by atoms with Gasteiger partial charge in [-0.3, -0.25) is 0 Å². The Kier molecular flexibility index (Phi) is 2.75. The van der Waals surface area contributed by atoms with Crippen LogP contribution in [0.5, 0.6) is 11.5 Å². The van der Waals surface area contributed by atoms with E-state index in [0.717, 1.165) is 30.5 Å². The number of hydrogen-bond donors (Lipinski definition) is 1. The van der Waals surface area contributed by atoms with E-state index in [1.165, 1.54) is 0 Å². The fourth-order valence-corrected chi connectivity index (χ4v) is 5.52. The number of likely N-dealkylation sites (tertiary alicyclic amines) is 1. The van der Waals surface area contributed by atoms with Crippen molar-refractivity contribution in [1.29, 1.82) is 0 Å². The second-order valence-electron chi connectivity index (χ2n) is 7.35. The quantitative estimate of drug-likeness (QED) is 0.663. The minimum Gasteiger partial charge on any atom is -0.493 e. The van der Waals surface area contributed by atoms with Gasteiger partial charge in [-0.2, -0.15) is 0 Å². The summed E-state index contributed by atoms with van der Waals surface area (Å²) >= 11 is 0. The lowest BCUT2D eigenvalue weighted by molar-refractivity contribution is -0.0452. The first kappa shape index (κ1) is 14.4. The zero-order valence-electron chi connectivity index (χ0n) is 13.7. The maximum atomic E-state index is 11.5. The molecule has 1 N–H and O–H groups in total. The van der Waals surface area contributed by atoms with Gasteiger partial charge in [0.05, 0.1) is 7.11 Å². The number of methoxy groups -OCH3 is 1. The van der Waals surface area contributed by atoms with Gasteiger partial charge in [0.15, 0.2) is 11.5 Å². The Morgan fingerprint density at radius 2 is 2.29 bits per heavy atom. The Morgan fingerprint density at radius 1 is 1.46 bits per heavy atom. The van der Waals surface area contributed by atoms with Gasteiger partial charge in [-0.05, 0) is 37.2 Å². The van der Waals surface area contributed by atoms with Gasteiger partial charge in [-0.15, -0.1) is 4.91 Å². The van der Waals surface area contributed by atoms with Gasteiger partial charge in [-0.25, -0.2) is 0 Å². The van der Waals surface area contributed by atoms with Crippen molar-refractivity contribution in [2.75, 3.05) is 20.7 Å². The lowest BCUT2D eigenvalue weighted by Crippen LogP contribution is -2.64. The predicted octanol–water partition coefficient (Wildman–Crippen LogP) is 1.90. The van der Waals surface area contributed by atoms with Gasteiger partial charge in [0.25, 0.3) is 0 Å². The van der Waals surface area contributed by atoms with Gasteiger partial charge < -0.3 is 19.5 Å². The average Bonchev–Trinajstić information content (AvgIpc) is 2.94. The third kappa shape index (κ3) is 1.45. The van der Waals surface area contributed by atoms with Crippen LogP contribution in [0.15, 0.2) is 23.4 Å². The van der Waals surface area contributed by atoms with Crippen LogP contribution in [0.1, 0.15) is 17.5 Å². The molecule has 24 heavy (non-hydrogen) atoms. The van der Waals surface area contributed by atoms with Crippen LogP contribution < -0.4 is 9.47 Å². The van der Waals surface area contributed by atoms with Crippen molar-refractivity contribution < 1.29 is 14.6 Å². The highest BCUT2D eigenvalue weighted by Gasteiger charge is 2.64. The fourth-order valence-electron chi connectivity index (χ4n) is 5.52. The summed E-state index contributed by atoms with van der Waals surface area (Å²) in [6.07, 6.45) is 4.70. The zero-order chi connectivity index (χ0) is 16.6. The molecule has 0 saturated carbocycles. The highest BCUT2D eigenvalue weighted by atomic mass is 16.5. The summed E-state index contributed by atoms with van der Waals surface area (Å²) in [5, 5.41) is 13.9. The number of rotatable bonds is 2. The minimum absolute atomic E-state index is 0.269. The SMILES string of the molecule is COc1cc(N=O)c2c3c1O[C@H]1[C@@H](O)C=C[C@H]4[C@@H](C2)N(C)CC[C@@]341. The molecule has 2 heterocycles. The lowest BCUT2D eigenvalue weighted by Gasteiger charge is -2.56. The summed E-state index contributed by atoms with van der Waals surface area (Å²) in [6, 6.07) is 1.96. The standard InChI is InChI=1S/C18H20N2O4/c1-20-6-5-18-10-3-4-13(21)17(18)24-16-14(23-2)8-11(19-22)9(15(16)18)7-12(10)20/h3-4,8,10,12-13,17,21H,5-7H2,1-2H3/t10-,12+,13-,17-,18-/m0/s1. The third-order valence-electron chi connectivity index (χ3n) is 6.56. The molecule has 0 aromatic heterocycles. The number of aliphatic hydroxyl groups excluding tert-OH is 1. The topological polar surface area (TPSA) is 71.4 Å². The number of aliphatic hydroxyl groups is 1. The molecule has 6 heteroatoms. The van der Waals surface area contributed by atoms with E-state index in [4.69, 9.17) is 9.47 Å². The maximum absolute atomic E-state index is 11.5. The van der Waals surface area contributed by atoms with Gasteiger partial charge in [0.2, 0.25) is 0 Å². The highest BCUT2D eigenvalue weighted by molar-refractivity contribution is 5.70. The summed E-state index contributed by atoms with van der Waals surface area (Å²) in [5.41, 5.74) is 2.18. The summed E-state index contributed by atoms with van der Waals surface area (Å²) < 4.78 is 11.7. The molecule has 4 aliphatic rings. The molecule has 1 saturated heterocycles. The van der Waals surface area contributed by atoms with Crippen LogP contribution in [-0.4, -0.2) is 49.0 Å². The van der Waals surface area contributed by atoms with Crippen LogP contribution in [0, 0.1) is 10.8 Å². The van der Waals surface area contributed by atoms with E-state index in [1.54, 1.807) is 13.2 Å². The molecule has 2 bridgehead atoms. The normalized spacial score (nSPS) is 38.5. The molecule has 5 rings (SSSR count). The van der Waals surface area contributed by atoms with Crippen LogP contribution in [0.2, 0.25) is 0 Å². The number of nitrogens with zero attached hydrogens (tertiary/aromatic N) is 2. The van der Waals surface area contributed by atoms with Crippen molar-refractivity contribution in [3.63, 3.8) is 0 Å². The zero-order valence-corrected chi connectivity index (χ0v) is 13.7. The number of hydrogen-bond acceptors (Lipinski definition) is 6. The molecule has 1 aromatic carbocycles. The Bertz CT molecular complexity index is 777. The molecule has 0 unspecified atom stereocenters. The van der Waals surface area contributed by atoms with Crippen LogP contribution in [0.3, 0.4) is 0 Å². The number of ether oxygens (including phenoxy) is 2. The molecule has 6 nitrogen and oxygen atoms in total. The number of nitroso groups, excluding NO2 is 1. The van der Waals surface area contributed by atoms with Crippen LogP contribution in [-0.2, 0) is 11.8 Å². The number of piperidine rings is 1. The smallest absolute Gasteiger partial charge is 0.166 e. The minimum atomic E-state index is -0.652. The Hall–Kier alpha value is -1.92. The average molecular weight is 328 g/mol. The van der Waals surface area contributed by atoms with E-state index in [-0.39, 0.29) is 17.4 Å². The van der Waals surface area contributed by atoms with Gasteiger partial charge in [0.1, 0.15) is 17.9 Å². The second kappa shape index (κ2) is 4.58. The molecule has 0 amide bonds. The molecule has 1 fully saturated rings. The first-order chi connectivity index (χ1) is 11.6. The van der Waals surface area contributed by atoms with Crippen molar-refractivity contribution in [2.24, 2.45) is 11.1 Å². The molecule has 5 atom stereocenters. The van der Waals surface area contributed by atoms with E-state index in [0.29, 0.717) is 23.2 Å². The molecule has 2 aliphatic carbocycles. The summed E-state index contributed by atoms with van der Waals surface area (Å²) in [7, 11) is 3.70. The third-order valence-corrected chi connectivity index (χ3v) is 6.56.